The largest absolute Gasteiger partial charge is 0.298 e. The molecule has 2 fully saturated rings. The van der Waals surface area contributed by atoms with Crippen LogP contribution in [0.2, 0.25) is 0 Å². The second kappa shape index (κ2) is 5.51. The number of Topliss-reactive ketones (excluding diaryl/α,β-unsaturated/α-hetero) is 1. The smallest absolute Gasteiger partial charge is 0.160 e. The van der Waals surface area contributed by atoms with Gasteiger partial charge in [-0.1, -0.05) is 25.7 Å². The van der Waals surface area contributed by atoms with Crippen molar-refractivity contribution in [1.82, 2.24) is 0 Å². The highest BCUT2D eigenvalue weighted by atomic mass is 32.2. The standard InChI is InChI=1S/C13H22O3S/c14-12-8-4-5-9-13(12)17(15,16)10-11-6-2-1-3-7-11/h11,13H,1-10H2. The molecule has 1 unspecified atom stereocenters. The average molecular weight is 258 g/mol. The van der Waals surface area contributed by atoms with Crippen molar-refractivity contribution in [2.45, 2.75) is 63.0 Å². The summed E-state index contributed by atoms with van der Waals surface area (Å²) in [6, 6.07) is 0. The maximum absolute atomic E-state index is 12.2. The van der Waals surface area contributed by atoms with Crippen molar-refractivity contribution in [1.29, 1.82) is 0 Å². The molecule has 98 valence electrons. The molecule has 0 aromatic carbocycles. The quantitative estimate of drug-likeness (QED) is 0.781. The fourth-order valence-electron chi connectivity index (χ4n) is 3.13. The Morgan fingerprint density at radius 2 is 1.59 bits per heavy atom. The number of hydrogen-bond acceptors (Lipinski definition) is 3. The fourth-order valence-corrected chi connectivity index (χ4v) is 5.40. The first-order valence-electron chi connectivity index (χ1n) is 6.84. The van der Waals surface area contributed by atoms with Gasteiger partial charge in [-0.05, 0) is 31.6 Å². The monoisotopic (exact) mass is 258 g/mol. The van der Waals surface area contributed by atoms with E-state index in [2.05, 4.69) is 0 Å². The van der Waals surface area contributed by atoms with Gasteiger partial charge >= 0.3 is 0 Å². The molecule has 2 rings (SSSR count). The second-order valence-corrected chi connectivity index (χ2v) is 7.76. The molecule has 0 heterocycles. The van der Waals surface area contributed by atoms with Gasteiger partial charge in [-0.15, -0.1) is 0 Å². The lowest BCUT2D eigenvalue weighted by atomic mass is 9.91. The molecule has 0 amide bonds. The molecule has 2 aliphatic carbocycles. The van der Waals surface area contributed by atoms with Gasteiger partial charge in [0.2, 0.25) is 0 Å². The zero-order chi connectivity index (χ0) is 12.3. The first-order chi connectivity index (χ1) is 8.09. The molecule has 17 heavy (non-hydrogen) atoms. The van der Waals surface area contributed by atoms with E-state index >= 15 is 0 Å². The molecule has 0 spiro atoms. The normalized spacial score (nSPS) is 28.2. The third kappa shape index (κ3) is 3.30. The molecule has 0 aromatic rings. The van der Waals surface area contributed by atoms with E-state index in [1.807, 2.05) is 0 Å². The zero-order valence-electron chi connectivity index (χ0n) is 10.4. The van der Waals surface area contributed by atoms with Gasteiger partial charge in [0, 0.05) is 6.42 Å². The lowest BCUT2D eigenvalue weighted by Crippen LogP contribution is -2.36. The van der Waals surface area contributed by atoms with Crippen LogP contribution in [-0.4, -0.2) is 25.2 Å². The Kier molecular flexibility index (Phi) is 4.23. The van der Waals surface area contributed by atoms with Crippen LogP contribution in [0, 0.1) is 5.92 Å². The van der Waals surface area contributed by atoms with Crippen LogP contribution in [0.4, 0.5) is 0 Å². The summed E-state index contributed by atoms with van der Waals surface area (Å²) in [5, 5.41) is -0.668. The van der Waals surface area contributed by atoms with Crippen LogP contribution in [0.15, 0.2) is 0 Å². The molecule has 3 nitrogen and oxygen atoms in total. The van der Waals surface area contributed by atoms with Gasteiger partial charge in [-0.2, -0.15) is 0 Å². The first-order valence-corrected chi connectivity index (χ1v) is 8.55. The Morgan fingerprint density at radius 1 is 0.941 bits per heavy atom. The molecule has 0 aliphatic heterocycles. The third-order valence-corrected chi connectivity index (χ3v) is 6.43. The molecule has 1 atom stereocenters. The highest BCUT2D eigenvalue weighted by molar-refractivity contribution is 7.92. The Morgan fingerprint density at radius 3 is 2.24 bits per heavy atom. The minimum atomic E-state index is -3.18. The Bertz CT molecular complexity index is 366. The lowest BCUT2D eigenvalue weighted by Gasteiger charge is -2.25. The summed E-state index contributed by atoms with van der Waals surface area (Å²) in [6.07, 6.45) is 8.38. The average Bonchev–Trinajstić information content (AvgIpc) is 2.30. The van der Waals surface area contributed by atoms with E-state index < -0.39 is 15.1 Å². The highest BCUT2D eigenvalue weighted by Crippen LogP contribution is 2.28. The molecular formula is C13H22O3S. The summed E-state index contributed by atoms with van der Waals surface area (Å²) in [6.45, 7) is 0. The van der Waals surface area contributed by atoms with Crippen molar-refractivity contribution in [3.8, 4) is 0 Å². The highest BCUT2D eigenvalue weighted by Gasteiger charge is 2.35. The van der Waals surface area contributed by atoms with E-state index in [0.29, 0.717) is 18.8 Å². The molecule has 0 radical (unpaired) electrons. The van der Waals surface area contributed by atoms with Crippen LogP contribution in [0.1, 0.15) is 57.8 Å². The number of sulfone groups is 1. The van der Waals surface area contributed by atoms with Gasteiger partial charge in [0.15, 0.2) is 15.6 Å². The zero-order valence-corrected chi connectivity index (χ0v) is 11.2. The van der Waals surface area contributed by atoms with Crippen LogP contribution >= 0.6 is 0 Å². The van der Waals surface area contributed by atoms with E-state index in [-0.39, 0.29) is 11.5 Å². The van der Waals surface area contributed by atoms with E-state index in [1.54, 1.807) is 0 Å². The number of rotatable bonds is 3. The molecular weight excluding hydrogens is 236 g/mol. The van der Waals surface area contributed by atoms with Gasteiger partial charge < -0.3 is 0 Å². The van der Waals surface area contributed by atoms with Crippen molar-refractivity contribution in [2.75, 3.05) is 5.75 Å². The SMILES string of the molecule is O=C1CCCCC1S(=O)(=O)CC1CCCCC1. The third-order valence-electron chi connectivity index (χ3n) is 4.12. The maximum atomic E-state index is 12.2. The van der Waals surface area contributed by atoms with Crippen molar-refractivity contribution in [2.24, 2.45) is 5.92 Å². The van der Waals surface area contributed by atoms with E-state index in [4.69, 9.17) is 0 Å². The van der Waals surface area contributed by atoms with Gasteiger partial charge in [0.25, 0.3) is 0 Å². The lowest BCUT2D eigenvalue weighted by molar-refractivity contribution is -0.119. The molecule has 2 aliphatic rings. The Balaban J connectivity index is 1.99. The molecule has 0 N–H and O–H groups in total. The number of hydrogen-bond donors (Lipinski definition) is 0. The summed E-state index contributed by atoms with van der Waals surface area (Å²) in [5.41, 5.74) is 0. The fraction of sp³-hybridized carbons (Fsp3) is 0.923. The van der Waals surface area contributed by atoms with Crippen LogP contribution in [0.5, 0.6) is 0 Å². The Hall–Kier alpha value is -0.380. The van der Waals surface area contributed by atoms with E-state index in [9.17, 15) is 13.2 Å². The molecule has 0 bridgehead atoms. The van der Waals surface area contributed by atoms with Crippen LogP contribution in [0.3, 0.4) is 0 Å². The minimum Gasteiger partial charge on any atom is -0.298 e. The topological polar surface area (TPSA) is 51.2 Å². The molecule has 4 heteroatoms. The predicted octanol–water partition coefficient (Wildman–Crippen LogP) is 2.49. The number of ketones is 1. The van der Waals surface area contributed by atoms with Gasteiger partial charge in [0.05, 0.1) is 5.75 Å². The van der Waals surface area contributed by atoms with Crippen molar-refractivity contribution < 1.29 is 13.2 Å². The van der Waals surface area contributed by atoms with Gasteiger partial charge in [-0.3, -0.25) is 4.79 Å². The van der Waals surface area contributed by atoms with Crippen LogP contribution < -0.4 is 0 Å². The molecule has 0 saturated heterocycles. The van der Waals surface area contributed by atoms with E-state index in [0.717, 1.165) is 38.5 Å². The van der Waals surface area contributed by atoms with Crippen molar-refractivity contribution in [3.63, 3.8) is 0 Å². The predicted molar refractivity (Wildman–Crippen MR) is 67.6 cm³/mol. The Labute approximate surface area is 104 Å². The van der Waals surface area contributed by atoms with Gasteiger partial charge in [0.1, 0.15) is 5.25 Å². The molecule has 2 saturated carbocycles. The van der Waals surface area contributed by atoms with Crippen LogP contribution in [-0.2, 0) is 14.6 Å². The summed E-state index contributed by atoms with van der Waals surface area (Å²) in [4.78, 5) is 11.7. The van der Waals surface area contributed by atoms with Crippen molar-refractivity contribution in [3.05, 3.63) is 0 Å². The maximum Gasteiger partial charge on any atom is 0.160 e. The van der Waals surface area contributed by atoms with E-state index in [1.165, 1.54) is 6.42 Å². The number of carbonyl (C=O) groups is 1. The second-order valence-electron chi connectivity index (χ2n) is 5.53. The summed E-state index contributed by atoms with van der Waals surface area (Å²) >= 11 is 0. The van der Waals surface area contributed by atoms with Crippen LogP contribution in [0.25, 0.3) is 0 Å². The summed E-state index contributed by atoms with van der Waals surface area (Å²) in [5.74, 6) is 0.527. The minimum absolute atomic E-state index is 0.0351. The first kappa shape index (κ1) is 13.1. The number of carbonyl (C=O) groups excluding carboxylic acids is 1. The molecule has 0 aromatic heterocycles. The summed E-state index contributed by atoms with van der Waals surface area (Å²) < 4.78 is 24.5. The van der Waals surface area contributed by atoms with Gasteiger partial charge in [-0.25, -0.2) is 8.42 Å². The summed E-state index contributed by atoms with van der Waals surface area (Å²) in [7, 11) is -3.18. The van der Waals surface area contributed by atoms with Crippen molar-refractivity contribution >= 4 is 15.6 Å².